The Balaban J connectivity index is 1.45. The SMILES string of the molecule is CC[C@H]1O[C@@H](n2cnc3c(=O)[nH]c(N)nc32)C(OC(=O)c2ccccc2)[C@H]1N(Cc1ccccc1)Cc1ccccc1. The van der Waals surface area contributed by atoms with Crippen molar-refractivity contribution in [3.05, 3.63) is 124 Å². The van der Waals surface area contributed by atoms with Crippen molar-refractivity contribution >= 4 is 23.1 Å². The van der Waals surface area contributed by atoms with E-state index in [1.54, 1.807) is 28.8 Å². The van der Waals surface area contributed by atoms with E-state index in [9.17, 15) is 9.59 Å². The molecule has 0 radical (unpaired) electrons. The summed E-state index contributed by atoms with van der Waals surface area (Å²) in [6.45, 7) is 3.25. The Hall–Kier alpha value is -4.80. The molecule has 0 saturated carbocycles. The van der Waals surface area contributed by atoms with Gasteiger partial charge in [-0.25, -0.2) is 9.78 Å². The van der Waals surface area contributed by atoms with Crippen LogP contribution in [0.3, 0.4) is 0 Å². The molecule has 3 aromatic carbocycles. The fourth-order valence-corrected chi connectivity index (χ4v) is 5.65. The van der Waals surface area contributed by atoms with Crippen molar-refractivity contribution in [3.8, 4) is 0 Å². The monoisotopic (exact) mass is 564 g/mol. The van der Waals surface area contributed by atoms with Crippen LogP contribution in [0.1, 0.15) is 41.1 Å². The maximum absolute atomic E-state index is 13.6. The molecule has 1 aliphatic heterocycles. The van der Waals surface area contributed by atoms with Crippen LogP contribution in [0.4, 0.5) is 5.95 Å². The zero-order chi connectivity index (χ0) is 29.1. The second-order valence-electron chi connectivity index (χ2n) is 10.4. The molecule has 1 fully saturated rings. The molecular weight excluding hydrogens is 532 g/mol. The van der Waals surface area contributed by atoms with E-state index in [2.05, 4.69) is 44.1 Å². The van der Waals surface area contributed by atoms with Crippen molar-refractivity contribution in [1.29, 1.82) is 0 Å². The molecule has 214 valence electrons. The zero-order valence-corrected chi connectivity index (χ0v) is 23.2. The van der Waals surface area contributed by atoms with Gasteiger partial charge >= 0.3 is 5.97 Å². The van der Waals surface area contributed by atoms with Gasteiger partial charge in [0.1, 0.15) is 0 Å². The number of nitrogens with zero attached hydrogens (tertiary/aromatic N) is 4. The summed E-state index contributed by atoms with van der Waals surface area (Å²) in [6.07, 6.45) is 0.264. The topological polar surface area (TPSA) is 128 Å². The third-order valence-corrected chi connectivity index (χ3v) is 7.57. The predicted octanol–water partition coefficient (Wildman–Crippen LogP) is 4.31. The number of esters is 1. The maximum atomic E-state index is 13.6. The van der Waals surface area contributed by atoms with Gasteiger partial charge < -0.3 is 15.2 Å². The summed E-state index contributed by atoms with van der Waals surface area (Å²) in [6, 6.07) is 28.9. The summed E-state index contributed by atoms with van der Waals surface area (Å²) in [5.74, 6) is -0.506. The minimum atomic E-state index is -0.805. The molecular formula is C32H32N6O4. The van der Waals surface area contributed by atoms with Crippen LogP contribution in [0.15, 0.2) is 102 Å². The number of H-pyrrole nitrogens is 1. The van der Waals surface area contributed by atoms with E-state index in [0.717, 1.165) is 11.1 Å². The number of carbonyl (C=O) groups excluding carboxylic acids is 1. The van der Waals surface area contributed by atoms with Crippen molar-refractivity contribution in [2.75, 3.05) is 5.73 Å². The van der Waals surface area contributed by atoms with E-state index in [1.807, 2.05) is 49.4 Å². The van der Waals surface area contributed by atoms with Gasteiger partial charge in [0.2, 0.25) is 5.95 Å². The fraction of sp³-hybridized carbons (Fsp3) is 0.250. The molecule has 0 amide bonds. The second-order valence-corrected chi connectivity index (χ2v) is 10.4. The number of fused-ring (bicyclic) bond motifs is 1. The van der Waals surface area contributed by atoms with Crippen LogP contribution in [0.5, 0.6) is 0 Å². The van der Waals surface area contributed by atoms with E-state index in [-0.39, 0.29) is 29.3 Å². The largest absolute Gasteiger partial charge is 0.452 e. The number of anilines is 1. The summed E-state index contributed by atoms with van der Waals surface area (Å²) in [5, 5.41) is 0. The maximum Gasteiger partial charge on any atom is 0.338 e. The minimum absolute atomic E-state index is 0.0385. The Morgan fingerprint density at radius 1 is 0.976 bits per heavy atom. The standard InChI is InChI=1S/C32H32N6O4/c1-2-24-26(37(18-21-12-6-3-7-13-21)19-22-14-8-4-9-15-22)27(42-31(40)23-16-10-5-11-17-23)30(41-24)38-20-34-25-28(38)35-32(33)36-29(25)39/h3-17,20,24,26-27,30H,2,18-19H2,1H3,(H3,33,35,36,39)/t24-,26+,27?,30-/m1/s1. The zero-order valence-electron chi connectivity index (χ0n) is 23.2. The summed E-state index contributed by atoms with van der Waals surface area (Å²) < 4.78 is 14.7. The Bertz CT molecular complexity index is 1670. The van der Waals surface area contributed by atoms with Crippen LogP contribution in [0, 0.1) is 0 Å². The van der Waals surface area contributed by atoms with Gasteiger partial charge in [-0.05, 0) is 29.7 Å². The van der Waals surface area contributed by atoms with Crippen molar-refractivity contribution < 1.29 is 14.3 Å². The highest BCUT2D eigenvalue weighted by atomic mass is 16.6. The highest BCUT2D eigenvalue weighted by Gasteiger charge is 2.50. The van der Waals surface area contributed by atoms with Gasteiger partial charge in [-0.1, -0.05) is 85.8 Å². The normalized spacial score (nSPS) is 20.2. The summed E-state index contributed by atoms with van der Waals surface area (Å²) >= 11 is 0. The minimum Gasteiger partial charge on any atom is -0.452 e. The lowest BCUT2D eigenvalue weighted by Gasteiger charge is -2.35. The Kier molecular flexibility index (Phi) is 7.81. The van der Waals surface area contributed by atoms with Crippen molar-refractivity contribution in [2.45, 2.75) is 50.9 Å². The van der Waals surface area contributed by atoms with Gasteiger partial charge in [0.05, 0.1) is 24.0 Å². The van der Waals surface area contributed by atoms with Gasteiger partial charge in [0, 0.05) is 13.1 Å². The molecule has 5 aromatic rings. The number of hydrogen-bond donors (Lipinski definition) is 2. The number of aromatic nitrogens is 4. The number of ether oxygens (including phenoxy) is 2. The third kappa shape index (κ3) is 5.54. The van der Waals surface area contributed by atoms with Crippen LogP contribution in [0.2, 0.25) is 0 Å². The molecule has 6 rings (SSSR count). The smallest absolute Gasteiger partial charge is 0.338 e. The lowest BCUT2D eigenvalue weighted by Crippen LogP contribution is -2.48. The van der Waals surface area contributed by atoms with E-state index in [0.29, 0.717) is 25.1 Å². The predicted molar refractivity (Wildman–Crippen MR) is 158 cm³/mol. The van der Waals surface area contributed by atoms with Crippen LogP contribution in [-0.4, -0.2) is 48.6 Å². The molecule has 10 heteroatoms. The van der Waals surface area contributed by atoms with Crippen LogP contribution in [-0.2, 0) is 22.6 Å². The Morgan fingerprint density at radius 2 is 1.57 bits per heavy atom. The number of benzene rings is 3. The average molecular weight is 565 g/mol. The summed E-state index contributed by atoms with van der Waals surface area (Å²) in [4.78, 5) is 39.6. The number of nitrogens with one attached hydrogen (secondary N) is 1. The number of carbonyl (C=O) groups is 1. The molecule has 3 heterocycles. The quantitative estimate of drug-likeness (QED) is 0.254. The number of nitrogen functional groups attached to an aromatic ring is 1. The molecule has 0 spiro atoms. The van der Waals surface area contributed by atoms with E-state index >= 15 is 0 Å². The van der Waals surface area contributed by atoms with Gasteiger partial charge in [-0.2, -0.15) is 4.98 Å². The van der Waals surface area contributed by atoms with Gasteiger partial charge in [0.25, 0.3) is 5.56 Å². The summed E-state index contributed by atoms with van der Waals surface area (Å²) in [7, 11) is 0. The van der Waals surface area contributed by atoms with Crippen LogP contribution >= 0.6 is 0 Å². The number of aromatic amines is 1. The number of imidazole rings is 1. The molecule has 3 N–H and O–H groups in total. The second kappa shape index (κ2) is 12.0. The number of hydrogen-bond acceptors (Lipinski definition) is 8. The first-order valence-corrected chi connectivity index (χ1v) is 14.0. The molecule has 2 aromatic heterocycles. The average Bonchev–Trinajstić information content (AvgIpc) is 3.59. The highest BCUT2D eigenvalue weighted by molar-refractivity contribution is 5.89. The number of nitrogens with two attached hydrogens (primary N) is 1. The van der Waals surface area contributed by atoms with Crippen LogP contribution < -0.4 is 11.3 Å². The van der Waals surface area contributed by atoms with E-state index in [4.69, 9.17) is 15.2 Å². The summed E-state index contributed by atoms with van der Waals surface area (Å²) in [5.41, 5.74) is 8.51. The first-order chi connectivity index (χ1) is 20.5. The Morgan fingerprint density at radius 3 is 2.17 bits per heavy atom. The Labute approximate surface area is 242 Å². The molecule has 0 bridgehead atoms. The lowest BCUT2D eigenvalue weighted by atomic mass is 10.00. The molecule has 0 aliphatic carbocycles. The molecule has 1 unspecified atom stereocenters. The van der Waals surface area contributed by atoms with E-state index in [1.165, 1.54) is 6.33 Å². The first-order valence-electron chi connectivity index (χ1n) is 14.0. The lowest BCUT2D eigenvalue weighted by molar-refractivity contribution is -0.0473. The molecule has 1 aliphatic rings. The van der Waals surface area contributed by atoms with Crippen LogP contribution in [0.25, 0.3) is 11.2 Å². The van der Waals surface area contributed by atoms with Gasteiger partial charge in [-0.15, -0.1) is 0 Å². The fourth-order valence-electron chi connectivity index (χ4n) is 5.65. The molecule has 42 heavy (non-hydrogen) atoms. The number of rotatable bonds is 9. The third-order valence-electron chi connectivity index (χ3n) is 7.57. The van der Waals surface area contributed by atoms with Gasteiger partial charge in [-0.3, -0.25) is 19.2 Å². The van der Waals surface area contributed by atoms with Gasteiger partial charge in [0.15, 0.2) is 23.5 Å². The first kappa shape index (κ1) is 27.4. The highest BCUT2D eigenvalue weighted by Crippen LogP contribution is 2.39. The molecule has 4 atom stereocenters. The van der Waals surface area contributed by atoms with Crippen molar-refractivity contribution in [2.24, 2.45) is 0 Å². The molecule has 1 saturated heterocycles. The van der Waals surface area contributed by atoms with Crippen molar-refractivity contribution in [1.82, 2.24) is 24.4 Å². The van der Waals surface area contributed by atoms with E-state index < -0.39 is 23.9 Å². The van der Waals surface area contributed by atoms with Crippen molar-refractivity contribution in [3.63, 3.8) is 0 Å². The molecule has 10 nitrogen and oxygen atoms in total.